The molecular formula is C68H99N19O10S. The van der Waals surface area contributed by atoms with Gasteiger partial charge in [-0.15, -0.1) is 0 Å². The van der Waals surface area contributed by atoms with Crippen molar-refractivity contribution in [2.24, 2.45) is 56.2 Å². The Hall–Kier alpha value is -9.68. The minimum atomic E-state index is -1.44. The first kappa shape index (κ1) is 77.3. The molecule has 0 radical (unpaired) electrons. The monoisotopic (exact) mass is 1370 g/mol. The van der Waals surface area contributed by atoms with E-state index >= 15 is 9.59 Å². The van der Waals surface area contributed by atoms with Gasteiger partial charge < -0.3 is 97.0 Å². The van der Waals surface area contributed by atoms with E-state index < -0.39 is 114 Å². The molecule has 3 aromatic carbocycles. The highest BCUT2D eigenvalue weighted by Gasteiger charge is 2.37. The maximum absolute atomic E-state index is 15.2. The fraction of sp³-hybridized carbons (Fsp3) is 0.485. The Morgan fingerprint density at radius 3 is 1.28 bits per heavy atom. The first-order valence-corrected chi connectivity index (χ1v) is 34.7. The highest BCUT2D eigenvalue weighted by molar-refractivity contribution is 7.98. The lowest BCUT2D eigenvalue weighted by atomic mass is 9.96. The summed E-state index contributed by atoms with van der Waals surface area (Å²) in [7, 11) is 0. The summed E-state index contributed by atoms with van der Waals surface area (Å²) in [5, 5.41) is 35.1. The Balaban J connectivity index is 1.28. The van der Waals surface area contributed by atoms with Crippen LogP contribution in [0.1, 0.15) is 109 Å². The lowest BCUT2D eigenvalue weighted by molar-refractivity contribution is -0.142. The summed E-state index contributed by atoms with van der Waals surface area (Å²) in [6, 6.07) is 10.5. The van der Waals surface area contributed by atoms with Gasteiger partial charge in [0.05, 0.1) is 6.04 Å². The van der Waals surface area contributed by atoms with Gasteiger partial charge >= 0.3 is 5.97 Å². The third kappa shape index (κ3) is 23.6. The van der Waals surface area contributed by atoms with Crippen LogP contribution >= 0.6 is 11.8 Å². The second-order valence-electron chi connectivity index (χ2n) is 25.0. The molecule has 6 aromatic rings. The third-order valence-electron chi connectivity index (χ3n) is 17.0. The number of carbonyl (C=O) groups excluding carboxylic acids is 8. The molecule has 532 valence electrons. The van der Waals surface area contributed by atoms with E-state index in [1.807, 2.05) is 86.8 Å². The van der Waals surface area contributed by atoms with Gasteiger partial charge in [-0.2, -0.15) is 11.8 Å². The van der Waals surface area contributed by atoms with Gasteiger partial charge in [0, 0.05) is 83.7 Å². The summed E-state index contributed by atoms with van der Waals surface area (Å²) in [4.78, 5) is 147. The molecular weight excluding hydrogens is 1270 g/mol. The fourth-order valence-electron chi connectivity index (χ4n) is 11.4. The largest absolute Gasteiger partial charge is 0.480 e. The van der Waals surface area contributed by atoms with Crippen LogP contribution in [0, 0.1) is 11.8 Å². The standard InChI is InChI=1S/C68H99N19O10S/c1-6-39(4)57(65(95)82-51(25-16-29-76-68(73)74)59(89)80-50(24-15-28-75-67(71)72)60(90)86-56(66(96)97)34-42-37-79-49-23-12-9-19-45(42)49)87-61(91)52(26-30-98-5)81-63(93)54(32-40-35-77-47-21-10-7-17-43(40)47)85-64(94)55(33-41-36-78-48-22-11-8-18-44(41)48)84-62(92)53(31-38(2)3)83-58(88)46(70)20-13-14-27-69/h7-12,17-19,21-23,35-39,46,50-57,77-79H,6,13-16,20,24-34,69-70H2,1-5H3,(H,80,89)(H,81,93)(H,82,95)(H,83,88)(H,84,92)(H,85,94)(H,86,90)(H,87,91)(H,96,97)(H4,71,72,75)(H4,73,74,76)/t39-,46-,50-,51-,52-,53-,54-,55-,56-,57-/m0/s1. The molecule has 98 heavy (non-hydrogen) atoms. The molecule has 0 unspecified atom stereocenters. The zero-order valence-corrected chi connectivity index (χ0v) is 57.2. The number of unbranched alkanes of at least 4 members (excludes halogenated alkanes) is 1. The molecule has 0 saturated carbocycles. The zero-order chi connectivity index (χ0) is 71.4. The van der Waals surface area contributed by atoms with Crippen molar-refractivity contribution >= 4 is 110 Å². The molecule has 0 fully saturated rings. The number of amides is 8. The van der Waals surface area contributed by atoms with Crippen LogP contribution in [0.2, 0.25) is 0 Å². The van der Waals surface area contributed by atoms with Crippen LogP contribution in [0.5, 0.6) is 0 Å². The Bertz CT molecular complexity index is 3710. The molecule has 0 aliphatic carbocycles. The zero-order valence-electron chi connectivity index (χ0n) is 56.4. The average molecular weight is 1370 g/mol. The number of fused-ring (bicyclic) bond motifs is 3. The first-order chi connectivity index (χ1) is 46.9. The molecule has 8 amide bonds. The number of aromatic nitrogens is 3. The van der Waals surface area contributed by atoms with E-state index in [1.54, 1.807) is 38.5 Å². The van der Waals surface area contributed by atoms with Crippen LogP contribution in [0.25, 0.3) is 32.7 Å². The van der Waals surface area contributed by atoms with Crippen molar-refractivity contribution in [3.8, 4) is 0 Å². The lowest BCUT2D eigenvalue weighted by Gasteiger charge is -2.30. The second-order valence-corrected chi connectivity index (χ2v) is 26.0. The number of para-hydroxylation sites is 3. The number of nitrogens with two attached hydrogens (primary N) is 6. The number of benzene rings is 3. The van der Waals surface area contributed by atoms with Crippen LogP contribution < -0.4 is 76.9 Å². The van der Waals surface area contributed by atoms with Gasteiger partial charge in [0.1, 0.15) is 48.3 Å². The number of hydrogen-bond acceptors (Lipinski definition) is 14. The molecule has 0 aliphatic heterocycles. The van der Waals surface area contributed by atoms with E-state index in [0.717, 1.165) is 32.7 Å². The average Bonchev–Trinajstić information content (AvgIpc) is 1.63. The van der Waals surface area contributed by atoms with Crippen LogP contribution in [0.15, 0.2) is 101 Å². The van der Waals surface area contributed by atoms with Gasteiger partial charge in [0.2, 0.25) is 47.3 Å². The lowest BCUT2D eigenvalue weighted by Crippen LogP contribution is -2.61. The van der Waals surface area contributed by atoms with Crippen LogP contribution in [-0.4, -0.2) is 171 Å². The van der Waals surface area contributed by atoms with Crippen molar-refractivity contribution in [3.05, 3.63) is 108 Å². The summed E-state index contributed by atoms with van der Waals surface area (Å²) >= 11 is 1.39. The van der Waals surface area contributed by atoms with Crippen molar-refractivity contribution in [2.45, 2.75) is 166 Å². The first-order valence-electron chi connectivity index (χ1n) is 33.3. The molecule has 6 rings (SSSR count). The highest BCUT2D eigenvalue weighted by Crippen LogP contribution is 2.24. The number of H-pyrrole nitrogens is 3. The Morgan fingerprint density at radius 2 is 0.857 bits per heavy atom. The molecule has 24 N–H and O–H groups in total. The number of aromatic amines is 3. The summed E-state index contributed by atoms with van der Waals surface area (Å²) in [6.07, 6.45) is 8.99. The number of hydrogen-bond donors (Lipinski definition) is 18. The van der Waals surface area contributed by atoms with E-state index in [9.17, 15) is 38.7 Å². The van der Waals surface area contributed by atoms with Crippen LogP contribution in [0.3, 0.4) is 0 Å². The minimum Gasteiger partial charge on any atom is -0.480 e. The molecule has 3 aromatic heterocycles. The van der Waals surface area contributed by atoms with Crippen molar-refractivity contribution in [3.63, 3.8) is 0 Å². The number of aliphatic imine (C=N–C) groups is 2. The van der Waals surface area contributed by atoms with E-state index in [4.69, 9.17) is 34.4 Å². The van der Waals surface area contributed by atoms with E-state index in [0.29, 0.717) is 54.7 Å². The van der Waals surface area contributed by atoms with Crippen molar-refractivity contribution < 1.29 is 48.3 Å². The Kier molecular flexibility index (Phi) is 30.7. The van der Waals surface area contributed by atoms with Gasteiger partial charge in [0.25, 0.3) is 0 Å². The number of carboxylic acid groups (broad SMARTS) is 1. The minimum absolute atomic E-state index is 0.0343. The topological polar surface area (TPSA) is 498 Å². The van der Waals surface area contributed by atoms with Gasteiger partial charge in [0.15, 0.2) is 11.9 Å². The number of guanidine groups is 2. The normalized spacial score (nSPS) is 14.4. The summed E-state index contributed by atoms with van der Waals surface area (Å²) in [5.41, 5.74) is 38.6. The number of aliphatic carboxylic acids is 1. The summed E-state index contributed by atoms with van der Waals surface area (Å²) in [5.74, 6) is -8.05. The Morgan fingerprint density at radius 1 is 0.480 bits per heavy atom. The van der Waals surface area contributed by atoms with Crippen molar-refractivity contribution in [1.82, 2.24) is 57.5 Å². The van der Waals surface area contributed by atoms with Crippen molar-refractivity contribution in [2.75, 3.05) is 31.6 Å². The molecule has 0 saturated heterocycles. The quantitative estimate of drug-likeness (QED) is 0.0147. The van der Waals surface area contributed by atoms with E-state index in [1.165, 1.54) is 11.8 Å². The predicted octanol–water partition coefficient (Wildman–Crippen LogP) is 1.53. The van der Waals surface area contributed by atoms with Gasteiger partial charge in [-0.25, -0.2) is 4.79 Å². The van der Waals surface area contributed by atoms with Crippen LogP contribution in [-0.2, 0) is 62.4 Å². The summed E-state index contributed by atoms with van der Waals surface area (Å²) < 4.78 is 0. The smallest absolute Gasteiger partial charge is 0.326 e. The predicted molar refractivity (Wildman–Crippen MR) is 382 cm³/mol. The van der Waals surface area contributed by atoms with Gasteiger partial charge in [-0.3, -0.25) is 48.3 Å². The SMILES string of the molecule is CC[C@H](C)[C@H](NC(=O)[C@H](CCSC)NC(=O)[C@H](Cc1c[nH]c2ccccc12)NC(=O)[C@H](Cc1c[nH]c2ccccc12)NC(=O)[C@H](CC(C)C)NC(=O)[C@@H](N)CCCCN)C(=O)N[C@@H](CCCN=C(N)N)C(=O)N[C@@H](CCCN=C(N)N)C(=O)N[C@@H](Cc1c[nH]c2ccccc12)C(=O)O. The molecule has 30 heteroatoms. The maximum atomic E-state index is 15.2. The number of rotatable bonds is 42. The number of carbonyl (C=O) groups is 9. The Labute approximate surface area is 574 Å². The molecule has 0 aliphatic rings. The second kappa shape index (κ2) is 38.9. The molecule has 3 heterocycles. The molecule has 0 spiro atoms. The molecule has 29 nitrogen and oxygen atoms in total. The van der Waals surface area contributed by atoms with E-state index in [2.05, 4.69) is 67.5 Å². The number of carboxylic acids is 1. The maximum Gasteiger partial charge on any atom is 0.326 e. The van der Waals surface area contributed by atoms with Gasteiger partial charge in [-0.1, -0.05) is 95.1 Å². The molecule has 0 bridgehead atoms. The van der Waals surface area contributed by atoms with Crippen LogP contribution in [0.4, 0.5) is 0 Å². The highest BCUT2D eigenvalue weighted by atomic mass is 32.2. The number of thioether (sulfide) groups is 1. The molecule has 10 atom stereocenters. The van der Waals surface area contributed by atoms with Crippen molar-refractivity contribution in [1.29, 1.82) is 0 Å². The van der Waals surface area contributed by atoms with Gasteiger partial charge in [-0.05, 0) is 117 Å². The number of nitrogens with one attached hydrogen (secondary N) is 11. The third-order valence-corrected chi connectivity index (χ3v) is 17.7. The summed E-state index contributed by atoms with van der Waals surface area (Å²) in [6.45, 7) is 7.81. The number of nitrogens with zero attached hydrogens (tertiary/aromatic N) is 2. The van der Waals surface area contributed by atoms with E-state index in [-0.39, 0.29) is 88.7 Å². The fourth-order valence-corrected chi connectivity index (χ4v) is 11.9.